The molecule has 0 spiro atoms. The van der Waals surface area contributed by atoms with Gasteiger partial charge in [-0.25, -0.2) is 9.37 Å². The van der Waals surface area contributed by atoms with Crippen LogP contribution in [-0.2, 0) is 0 Å². The lowest BCUT2D eigenvalue weighted by Crippen LogP contribution is -2.37. The number of rotatable bonds is 6. The lowest BCUT2D eigenvalue weighted by molar-refractivity contribution is 0.0937. The third-order valence-corrected chi connectivity index (χ3v) is 4.59. The number of anilines is 1. The fourth-order valence-corrected chi connectivity index (χ4v) is 3.31. The second-order valence-corrected chi connectivity index (χ2v) is 6.14. The van der Waals surface area contributed by atoms with Crippen LogP contribution in [0.3, 0.4) is 0 Å². The molecule has 132 valence electrons. The number of benzene rings is 1. The summed E-state index contributed by atoms with van der Waals surface area (Å²) in [6.45, 7) is 2.20. The van der Waals surface area contributed by atoms with Gasteiger partial charge in [0, 0.05) is 25.4 Å². The van der Waals surface area contributed by atoms with Crippen LogP contribution in [0, 0.1) is 5.82 Å². The van der Waals surface area contributed by atoms with Crippen LogP contribution in [0.1, 0.15) is 34.8 Å². The van der Waals surface area contributed by atoms with E-state index in [-0.39, 0.29) is 17.8 Å². The molecule has 0 unspecified atom stereocenters. The fourth-order valence-electron chi connectivity index (χ4n) is 3.31. The third-order valence-electron chi connectivity index (χ3n) is 4.59. The average molecular weight is 342 g/mol. The van der Waals surface area contributed by atoms with Gasteiger partial charge in [-0.3, -0.25) is 9.69 Å². The molecule has 1 aromatic heterocycles. The van der Waals surface area contributed by atoms with Crippen molar-refractivity contribution < 1.29 is 9.18 Å². The Morgan fingerprint density at radius 2 is 2.00 bits per heavy atom. The summed E-state index contributed by atoms with van der Waals surface area (Å²) >= 11 is 0. The van der Waals surface area contributed by atoms with E-state index in [2.05, 4.69) is 20.5 Å². The number of nitrogens with zero attached hydrogens (tertiary/aromatic N) is 2. The van der Waals surface area contributed by atoms with E-state index in [1.165, 1.54) is 6.07 Å². The van der Waals surface area contributed by atoms with Gasteiger partial charge in [0.25, 0.3) is 5.91 Å². The molecule has 0 saturated carbocycles. The lowest BCUT2D eigenvalue weighted by Gasteiger charge is -2.28. The minimum Gasteiger partial charge on any atom is -0.372 e. The molecule has 1 fully saturated rings. The molecular weight excluding hydrogens is 319 g/mol. The molecule has 0 aliphatic carbocycles. The zero-order valence-corrected chi connectivity index (χ0v) is 14.3. The Morgan fingerprint density at radius 3 is 2.72 bits per heavy atom. The number of amides is 1. The smallest absolute Gasteiger partial charge is 0.255 e. The summed E-state index contributed by atoms with van der Waals surface area (Å²) in [6, 6.07) is 10.1. The number of hydrogen-bond acceptors (Lipinski definition) is 4. The molecular formula is C19H23FN4O. The van der Waals surface area contributed by atoms with Gasteiger partial charge < -0.3 is 10.6 Å². The molecule has 1 saturated heterocycles. The number of nitrogens with one attached hydrogen (secondary N) is 2. The van der Waals surface area contributed by atoms with Gasteiger partial charge >= 0.3 is 0 Å². The molecule has 1 aliphatic rings. The number of aromatic nitrogens is 1. The van der Waals surface area contributed by atoms with Crippen LogP contribution < -0.4 is 10.6 Å². The second-order valence-electron chi connectivity index (χ2n) is 6.14. The molecule has 2 aromatic rings. The van der Waals surface area contributed by atoms with Crippen LogP contribution in [0.5, 0.6) is 0 Å². The van der Waals surface area contributed by atoms with Crippen LogP contribution in [0.2, 0.25) is 0 Å². The van der Waals surface area contributed by atoms with Gasteiger partial charge in [0.1, 0.15) is 11.6 Å². The predicted molar refractivity (Wildman–Crippen MR) is 96.1 cm³/mol. The molecule has 0 bridgehead atoms. The molecule has 1 aliphatic heterocycles. The summed E-state index contributed by atoms with van der Waals surface area (Å²) in [7, 11) is 1.73. The predicted octanol–water partition coefficient (Wildman–Crippen LogP) is 2.83. The largest absolute Gasteiger partial charge is 0.372 e. The highest BCUT2D eigenvalue weighted by Crippen LogP contribution is 2.26. The highest BCUT2D eigenvalue weighted by molar-refractivity contribution is 5.98. The number of halogens is 1. The number of hydrogen-bond donors (Lipinski definition) is 2. The molecule has 2 heterocycles. The minimum atomic E-state index is -0.231. The van der Waals surface area contributed by atoms with E-state index >= 15 is 0 Å². The molecule has 5 nitrogen and oxygen atoms in total. The Labute approximate surface area is 147 Å². The van der Waals surface area contributed by atoms with Gasteiger partial charge in [0.05, 0.1) is 11.6 Å². The van der Waals surface area contributed by atoms with Crippen molar-refractivity contribution in [1.82, 2.24) is 15.2 Å². The Morgan fingerprint density at radius 1 is 1.24 bits per heavy atom. The van der Waals surface area contributed by atoms with Gasteiger partial charge in [-0.2, -0.15) is 0 Å². The molecule has 3 rings (SSSR count). The number of carbonyl (C=O) groups excluding carboxylic acids is 1. The van der Waals surface area contributed by atoms with E-state index in [0.717, 1.165) is 25.9 Å². The highest BCUT2D eigenvalue weighted by Gasteiger charge is 2.26. The third kappa shape index (κ3) is 3.96. The van der Waals surface area contributed by atoms with Crippen molar-refractivity contribution in [3.8, 4) is 0 Å². The quantitative estimate of drug-likeness (QED) is 0.848. The maximum Gasteiger partial charge on any atom is 0.255 e. The first-order chi connectivity index (χ1) is 12.2. The fraction of sp³-hybridized carbons (Fsp3) is 0.368. The molecule has 1 atom stereocenters. The standard InChI is InChI=1S/C19H23FN4O/c1-21-18-15(8-6-10-22-18)19(25)23-13-17(24-11-4-5-12-24)14-7-2-3-9-16(14)20/h2-3,6-10,17H,4-5,11-13H2,1H3,(H,21,22)(H,23,25)/t17-/m0/s1. The summed E-state index contributed by atoms with van der Waals surface area (Å²) in [5, 5.41) is 5.87. The van der Waals surface area contributed by atoms with Gasteiger partial charge in [-0.15, -0.1) is 0 Å². The van der Waals surface area contributed by atoms with E-state index in [9.17, 15) is 9.18 Å². The Balaban J connectivity index is 1.77. The van der Waals surface area contributed by atoms with Crippen molar-refractivity contribution in [3.63, 3.8) is 0 Å². The average Bonchev–Trinajstić information content (AvgIpc) is 3.17. The van der Waals surface area contributed by atoms with Crippen LogP contribution in [0.25, 0.3) is 0 Å². The van der Waals surface area contributed by atoms with Gasteiger partial charge in [-0.05, 0) is 44.1 Å². The van der Waals surface area contributed by atoms with Gasteiger partial charge in [0.2, 0.25) is 0 Å². The first kappa shape index (κ1) is 17.4. The molecule has 2 N–H and O–H groups in total. The van der Waals surface area contributed by atoms with Crippen molar-refractivity contribution in [2.45, 2.75) is 18.9 Å². The van der Waals surface area contributed by atoms with Crippen LogP contribution in [0.4, 0.5) is 10.2 Å². The maximum atomic E-state index is 14.3. The summed E-state index contributed by atoms with van der Waals surface area (Å²) < 4.78 is 14.3. The molecule has 1 amide bonds. The number of likely N-dealkylation sites (tertiary alicyclic amines) is 1. The van der Waals surface area contributed by atoms with E-state index in [1.54, 1.807) is 37.5 Å². The van der Waals surface area contributed by atoms with E-state index in [4.69, 9.17) is 0 Å². The first-order valence-electron chi connectivity index (χ1n) is 8.60. The van der Waals surface area contributed by atoms with E-state index in [0.29, 0.717) is 23.5 Å². The topological polar surface area (TPSA) is 57.3 Å². The molecule has 1 aromatic carbocycles. The molecule has 6 heteroatoms. The molecule has 0 radical (unpaired) electrons. The summed E-state index contributed by atoms with van der Waals surface area (Å²) in [6.07, 6.45) is 3.84. The van der Waals surface area contributed by atoms with Crippen LogP contribution in [0.15, 0.2) is 42.6 Å². The summed E-state index contributed by atoms with van der Waals surface area (Å²) in [4.78, 5) is 18.9. The van der Waals surface area contributed by atoms with Crippen molar-refractivity contribution in [3.05, 3.63) is 59.5 Å². The van der Waals surface area contributed by atoms with Crippen molar-refractivity contribution >= 4 is 11.7 Å². The zero-order valence-electron chi connectivity index (χ0n) is 14.3. The minimum absolute atomic E-state index is 0.164. The zero-order chi connectivity index (χ0) is 17.6. The summed E-state index contributed by atoms with van der Waals surface area (Å²) in [5.74, 6) is 0.0903. The van der Waals surface area contributed by atoms with Crippen LogP contribution >= 0.6 is 0 Å². The van der Waals surface area contributed by atoms with Crippen molar-refractivity contribution in [2.24, 2.45) is 0 Å². The second kappa shape index (κ2) is 8.07. The monoisotopic (exact) mass is 342 g/mol. The van der Waals surface area contributed by atoms with E-state index < -0.39 is 0 Å². The molecule has 25 heavy (non-hydrogen) atoms. The number of pyridine rings is 1. The van der Waals surface area contributed by atoms with Crippen molar-refractivity contribution in [1.29, 1.82) is 0 Å². The Kier molecular flexibility index (Phi) is 5.60. The number of carbonyl (C=O) groups is 1. The highest BCUT2D eigenvalue weighted by atomic mass is 19.1. The summed E-state index contributed by atoms with van der Waals surface area (Å²) in [5.41, 5.74) is 1.11. The van der Waals surface area contributed by atoms with Gasteiger partial charge in [0.15, 0.2) is 0 Å². The van der Waals surface area contributed by atoms with Gasteiger partial charge in [-0.1, -0.05) is 18.2 Å². The normalized spacial score (nSPS) is 15.8. The maximum absolute atomic E-state index is 14.3. The first-order valence-corrected chi connectivity index (χ1v) is 8.60. The Bertz CT molecular complexity index is 731. The SMILES string of the molecule is CNc1ncccc1C(=O)NC[C@@H](c1ccccc1F)N1CCCC1. The van der Waals surface area contributed by atoms with Crippen molar-refractivity contribution in [2.75, 3.05) is 32.0 Å². The lowest BCUT2D eigenvalue weighted by atomic mass is 10.0. The van der Waals surface area contributed by atoms with Crippen LogP contribution in [-0.4, -0.2) is 42.5 Å². The van der Waals surface area contributed by atoms with E-state index in [1.807, 2.05) is 6.07 Å². The Hall–Kier alpha value is -2.47.